The molecule has 4 aromatic rings. The van der Waals surface area contributed by atoms with E-state index < -0.39 is 5.54 Å². The molecule has 164 valence electrons. The zero-order chi connectivity index (χ0) is 22.9. The molecule has 1 amide bonds. The Morgan fingerprint density at radius 2 is 1.50 bits per heavy atom. The van der Waals surface area contributed by atoms with Crippen LogP contribution in [0, 0.1) is 6.92 Å². The molecule has 9 nitrogen and oxygen atoms in total. The van der Waals surface area contributed by atoms with Gasteiger partial charge >= 0.3 is 0 Å². The van der Waals surface area contributed by atoms with Crippen LogP contribution in [-0.4, -0.2) is 26.7 Å². The van der Waals surface area contributed by atoms with Crippen molar-refractivity contribution in [3.63, 3.8) is 0 Å². The second-order valence-corrected chi connectivity index (χ2v) is 8.29. The predicted octanol–water partition coefficient (Wildman–Crippen LogP) is 4.48. The average molecular weight is 446 g/mol. The monoisotopic (exact) mass is 446 g/mol. The topological polar surface area (TPSA) is 90.5 Å². The van der Waals surface area contributed by atoms with Crippen molar-refractivity contribution in [3.05, 3.63) is 102 Å². The number of benzene rings is 3. The maximum atomic E-state index is 13.9. The van der Waals surface area contributed by atoms with Crippen LogP contribution in [0.25, 0.3) is 5.69 Å². The maximum Gasteiger partial charge on any atom is 0.262 e. The van der Waals surface area contributed by atoms with Gasteiger partial charge in [-0.1, -0.05) is 54.6 Å². The molecule has 1 atom stereocenters. The van der Waals surface area contributed by atoms with Crippen molar-refractivity contribution < 1.29 is 4.79 Å². The number of fused-ring (bicyclic) bond motifs is 6. The lowest BCUT2D eigenvalue weighted by atomic mass is 9.82. The van der Waals surface area contributed by atoms with Crippen molar-refractivity contribution in [3.8, 4) is 5.69 Å². The van der Waals surface area contributed by atoms with Crippen molar-refractivity contribution in [1.82, 2.24) is 14.8 Å². The number of aromatic nitrogens is 2. The molecule has 34 heavy (non-hydrogen) atoms. The predicted molar refractivity (Wildman–Crippen MR) is 127 cm³/mol. The van der Waals surface area contributed by atoms with E-state index in [4.69, 9.17) is 10.1 Å². The number of rotatable bonds is 2. The fourth-order valence-corrected chi connectivity index (χ4v) is 4.99. The lowest BCUT2D eigenvalue weighted by Gasteiger charge is -2.37. The van der Waals surface area contributed by atoms with Gasteiger partial charge in [0, 0.05) is 11.3 Å². The fourth-order valence-electron chi connectivity index (χ4n) is 4.99. The van der Waals surface area contributed by atoms with Gasteiger partial charge in [0.1, 0.15) is 0 Å². The van der Waals surface area contributed by atoms with Gasteiger partial charge in [0.15, 0.2) is 5.82 Å². The van der Waals surface area contributed by atoms with Crippen molar-refractivity contribution in [2.24, 2.45) is 15.4 Å². The number of nitrogens with one attached hydrogen (secondary N) is 1. The SMILES string of the molecule is Cc1nn(-c2ccccc2)c2c1[C@]1(C(=O)Nc3ccccc31)N1N=NN(c3ccccc3)C1=N2. The Kier molecular flexibility index (Phi) is 3.65. The number of hydrogen-bond donors (Lipinski definition) is 1. The van der Waals surface area contributed by atoms with Gasteiger partial charge in [-0.3, -0.25) is 4.79 Å². The Hall–Kier alpha value is -4.79. The normalized spacial score (nSPS) is 19.7. The molecule has 0 aliphatic carbocycles. The maximum absolute atomic E-state index is 13.9. The molecule has 3 aromatic carbocycles. The highest BCUT2D eigenvalue weighted by atomic mass is 16.2. The summed E-state index contributed by atoms with van der Waals surface area (Å²) in [5.74, 6) is 0.796. The highest BCUT2D eigenvalue weighted by Crippen LogP contribution is 2.53. The molecule has 0 bridgehead atoms. The number of carbonyl (C=O) groups is 1. The molecule has 7 rings (SSSR count). The van der Waals surface area contributed by atoms with Crippen molar-refractivity contribution in [1.29, 1.82) is 0 Å². The van der Waals surface area contributed by atoms with Crippen LogP contribution in [0.2, 0.25) is 0 Å². The first kappa shape index (κ1) is 18.8. The summed E-state index contributed by atoms with van der Waals surface area (Å²) in [5.41, 5.74) is 3.27. The van der Waals surface area contributed by atoms with Crippen LogP contribution in [0.4, 0.5) is 17.2 Å². The molecule has 4 heterocycles. The highest BCUT2D eigenvalue weighted by molar-refractivity contribution is 6.14. The molecule has 1 aromatic heterocycles. The van der Waals surface area contributed by atoms with Crippen LogP contribution in [0.15, 0.2) is 100 Å². The summed E-state index contributed by atoms with van der Waals surface area (Å²) in [7, 11) is 0. The van der Waals surface area contributed by atoms with E-state index in [1.165, 1.54) is 0 Å². The summed E-state index contributed by atoms with van der Waals surface area (Å²) < 4.78 is 1.78. The van der Waals surface area contributed by atoms with Gasteiger partial charge in [0.2, 0.25) is 5.54 Å². The molecule has 1 N–H and O–H groups in total. The summed E-state index contributed by atoms with van der Waals surface area (Å²) in [6, 6.07) is 27.1. The van der Waals surface area contributed by atoms with Crippen LogP contribution in [-0.2, 0) is 10.3 Å². The number of para-hydroxylation sites is 3. The van der Waals surface area contributed by atoms with E-state index in [9.17, 15) is 4.79 Å². The molecule has 3 aliphatic rings. The zero-order valence-corrected chi connectivity index (χ0v) is 18.1. The number of hydrogen-bond acceptors (Lipinski definition) is 7. The van der Waals surface area contributed by atoms with Crippen molar-refractivity contribution in [2.45, 2.75) is 12.5 Å². The molecule has 0 unspecified atom stereocenters. The van der Waals surface area contributed by atoms with Crippen LogP contribution in [0.3, 0.4) is 0 Å². The molecular formula is C25H18N8O. The summed E-state index contributed by atoms with van der Waals surface area (Å²) in [4.78, 5) is 18.9. The molecular weight excluding hydrogens is 428 g/mol. The van der Waals surface area contributed by atoms with E-state index in [1.807, 2.05) is 91.9 Å². The number of anilines is 2. The lowest BCUT2D eigenvalue weighted by Crippen LogP contribution is -2.54. The van der Waals surface area contributed by atoms with E-state index >= 15 is 0 Å². The van der Waals surface area contributed by atoms with Gasteiger partial charge in [-0.05, 0) is 47.7 Å². The third-order valence-corrected chi connectivity index (χ3v) is 6.41. The minimum absolute atomic E-state index is 0.216. The number of aryl methyl sites for hydroxylation is 1. The number of amides is 1. The second-order valence-electron chi connectivity index (χ2n) is 8.29. The Morgan fingerprint density at radius 3 is 2.26 bits per heavy atom. The third kappa shape index (κ3) is 2.25. The quantitative estimate of drug-likeness (QED) is 0.492. The first-order valence-corrected chi connectivity index (χ1v) is 10.9. The first-order chi connectivity index (χ1) is 16.7. The summed E-state index contributed by atoms with van der Waals surface area (Å²) in [5, 5.41) is 20.0. The Morgan fingerprint density at radius 1 is 0.824 bits per heavy atom. The summed E-state index contributed by atoms with van der Waals surface area (Å²) >= 11 is 0. The van der Waals surface area contributed by atoms with Gasteiger partial charge in [-0.15, -0.1) is 0 Å². The Bertz CT molecular complexity index is 1530. The molecule has 1 spiro atoms. The fraction of sp³-hybridized carbons (Fsp3) is 0.0800. The number of guanidine groups is 1. The Balaban J connectivity index is 1.56. The van der Waals surface area contributed by atoms with E-state index in [0.29, 0.717) is 23.0 Å². The lowest BCUT2D eigenvalue weighted by molar-refractivity contribution is -0.123. The van der Waals surface area contributed by atoms with Crippen LogP contribution < -0.4 is 10.3 Å². The number of carbonyl (C=O) groups excluding carboxylic acids is 1. The molecule has 0 radical (unpaired) electrons. The molecule has 0 fully saturated rings. The van der Waals surface area contributed by atoms with Crippen molar-refractivity contribution in [2.75, 3.05) is 10.3 Å². The second kappa shape index (κ2) is 6.61. The first-order valence-electron chi connectivity index (χ1n) is 10.9. The van der Waals surface area contributed by atoms with E-state index in [2.05, 4.69) is 15.8 Å². The molecule has 9 heteroatoms. The van der Waals surface area contributed by atoms with Gasteiger partial charge in [0.05, 0.1) is 22.6 Å². The van der Waals surface area contributed by atoms with E-state index in [0.717, 1.165) is 22.6 Å². The Labute approximate surface area is 194 Å². The average Bonchev–Trinajstić information content (AvgIpc) is 3.54. The molecule has 0 saturated carbocycles. The smallest absolute Gasteiger partial charge is 0.262 e. The van der Waals surface area contributed by atoms with Crippen molar-refractivity contribution >= 4 is 29.1 Å². The molecule has 3 aliphatic heterocycles. The summed E-state index contributed by atoms with van der Waals surface area (Å²) in [6.45, 7) is 1.90. The van der Waals surface area contributed by atoms with Gasteiger partial charge in [-0.25, -0.2) is 4.68 Å². The largest absolute Gasteiger partial charge is 0.323 e. The minimum atomic E-state index is -1.28. The van der Waals surface area contributed by atoms with Crippen LogP contribution in [0.1, 0.15) is 16.8 Å². The third-order valence-electron chi connectivity index (χ3n) is 6.41. The van der Waals surface area contributed by atoms with Gasteiger partial charge in [-0.2, -0.15) is 20.1 Å². The molecule has 0 saturated heterocycles. The van der Waals surface area contributed by atoms with E-state index in [1.54, 1.807) is 14.7 Å². The van der Waals surface area contributed by atoms with Gasteiger partial charge in [0.25, 0.3) is 11.9 Å². The van der Waals surface area contributed by atoms with Crippen LogP contribution in [0.5, 0.6) is 0 Å². The minimum Gasteiger partial charge on any atom is -0.323 e. The number of aliphatic imine (C=N–C) groups is 1. The van der Waals surface area contributed by atoms with Crippen LogP contribution >= 0.6 is 0 Å². The number of nitrogens with zero attached hydrogens (tertiary/aromatic N) is 7. The van der Waals surface area contributed by atoms with Gasteiger partial charge < -0.3 is 5.32 Å². The summed E-state index contributed by atoms with van der Waals surface area (Å²) in [6.07, 6.45) is 0. The van der Waals surface area contributed by atoms with E-state index in [-0.39, 0.29) is 5.91 Å². The zero-order valence-electron chi connectivity index (χ0n) is 18.1. The highest BCUT2D eigenvalue weighted by Gasteiger charge is 2.62. The standard InChI is InChI=1S/C25H18N8O/c1-16-21-22(31(28-16)17-10-4-2-5-11-17)27-24-32(18-12-6-3-7-13-18)29-30-33(24)25(21)19-14-8-9-15-20(19)26-23(25)34/h2-15H,1H3,(H,26,34)/t25-/m1/s1.